The molecule has 1 unspecified atom stereocenters. The lowest BCUT2D eigenvalue weighted by atomic mass is 9.53. The Labute approximate surface area is 219 Å². The Balaban J connectivity index is 1.39. The quantitative estimate of drug-likeness (QED) is 0.444. The Morgan fingerprint density at radius 2 is 1.76 bits per heavy atom. The van der Waals surface area contributed by atoms with Crippen molar-refractivity contribution >= 4 is 16.9 Å². The monoisotopic (exact) mass is 498 g/mol. The summed E-state index contributed by atoms with van der Waals surface area (Å²) >= 11 is 0. The average molecular weight is 499 g/mol. The Hall–Kier alpha value is -3.15. The van der Waals surface area contributed by atoms with Crippen molar-refractivity contribution in [2.75, 3.05) is 6.54 Å². The van der Waals surface area contributed by atoms with Gasteiger partial charge in [-0.15, -0.1) is 0 Å². The Bertz CT molecular complexity index is 1360. The normalized spacial score (nSPS) is 26.8. The highest BCUT2D eigenvalue weighted by Crippen LogP contribution is 2.55. The van der Waals surface area contributed by atoms with E-state index in [0.717, 1.165) is 54.7 Å². The molecule has 0 spiro atoms. The molecule has 37 heavy (non-hydrogen) atoms. The van der Waals surface area contributed by atoms with Crippen molar-refractivity contribution in [1.82, 2.24) is 19.8 Å². The van der Waals surface area contributed by atoms with E-state index in [9.17, 15) is 9.59 Å². The highest BCUT2D eigenvalue weighted by molar-refractivity contribution is 5.78. The lowest BCUT2D eigenvalue weighted by Crippen LogP contribution is -2.62. The molecular formula is C31H38N4O2. The van der Waals surface area contributed by atoms with Gasteiger partial charge in [-0.3, -0.25) is 9.36 Å². The molecule has 1 N–H and O–H groups in total. The molecule has 1 atom stereocenters. The average Bonchev–Trinajstić information content (AvgIpc) is 2.85. The molecule has 0 aliphatic heterocycles. The number of rotatable bonds is 6. The van der Waals surface area contributed by atoms with Gasteiger partial charge in [0, 0.05) is 12.1 Å². The van der Waals surface area contributed by atoms with Crippen LogP contribution < -0.4 is 10.9 Å². The van der Waals surface area contributed by atoms with Crippen LogP contribution in [0.1, 0.15) is 76.2 Å². The third kappa shape index (κ3) is 4.34. The van der Waals surface area contributed by atoms with Gasteiger partial charge in [0.2, 0.25) is 0 Å². The summed E-state index contributed by atoms with van der Waals surface area (Å²) in [7, 11) is 0. The van der Waals surface area contributed by atoms with Crippen LogP contribution in [0.4, 0.5) is 4.79 Å². The number of aromatic nitrogens is 2. The number of urea groups is 1. The van der Waals surface area contributed by atoms with E-state index in [2.05, 4.69) is 12.2 Å². The first-order chi connectivity index (χ1) is 17.9. The van der Waals surface area contributed by atoms with Crippen LogP contribution >= 0.6 is 0 Å². The molecule has 1 aromatic heterocycles. The predicted octanol–water partition coefficient (Wildman–Crippen LogP) is 6.15. The highest BCUT2D eigenvalue weighted by atomic mass is 16.2. The van der Waals surface area contributed by atoms with Gasteiger partial charge in [-0.05, 0) is 106 Å². The molecular weight excluding hydrogens is 460 g/mol. The minimum atomic E-state index is -0.369. The predicted molar refractivity (Wildman–Crippen MR) is 147 cm³/mol. The second-order valence-electron chi connectivity index (χ2n) is 12.0. The van der Waals surface area contributed by atoms with Crippen molar-refractivity contribution in [1.29, 1.82) is 0 Å². The van der Waals surface area contributed by atoms with Crippen LogP contribution in [0, 0.1) is 24.7 Å². The smallest absolute Gasteiger partial charge is 0.318 e. The topological polar surface area (TPSA) is 67.2 Å². The fourth-order valence-electron chi connectivity index (χ4n) is 7.86. The Morgan fingerprint density at radius 1 is 1.08 bits per heavy atom. The summed E-state index contributed by atoms with van der Waals surface area (Å²) < 4.78 is 1.71. The number of aryl methyl sites for hydroxylation is 1. The van der Waals surface area contributed by atoms with E-state index in [-0.39, 0.29) is 23.2 Å². The minimum absolute atomic E-state index is 0.0190. The third-order valence-electron chi connectivity index (χ3n) is 9.04. The van der Waals surface area contributed by atoms with Gasteiger partial charge in [-0.1, -0.05) is 31.2 Å². The van der Waals surface area contributed by atoms with Gasteiger partial charge in [0.15, 0.2) is 0 Å². The molecule has 7 rings (SSSR count). The van der Waals surface area contributed by atoms with Crippen molar-refractivity contribution < 1.29 is 4.79 Å². The molecule has 0 saturated heterocycles. The largest absolute Gasteiger partial charge is 0.333 e. The Morgan fingerprint density at radius 3 is 2.41 bits per heavy atom. The van der Waals surface area contributed by atoms with Gasteiger partial charge in [-0.25, -0.2) is 9.78 Å². The number of carbonyl (C=O) groups is 1. The number of amides is 2. The number of hydrogen-bond donors (Lipinski definition) is 1. The molecule has 4 aliphatic carbocycles. The zero-order chi connectivity index (χ0) is 25.7. The van der Waals surface area contributed by atoms with Gasteiger partial charge in [0.25, 0.3) is 5.56 Å². The fraction of sp³-hybridized carbons (Fsp3) is 0.516. The number of hydrogen-bond acceptors (Lipinski definition) is 3. The number of nitrogens with zero attached hydrogens (tertiary/aromatic N) is 3. The van der Waals surface area contributed by atoms with Crippen LogP contribution in [0.2, 0.25) is 0 Å². The van der Waals surface area contributed by atoms with E-state index in [4.69, 9.17) is 4.98 Å². The second kappa shape index (κ2) is 9.30. The van der Waals surface area contributed by atoms with Crippen molar-refractivity contribution in [2.45, 2.75) is 77.3 Å². The summed E-state index contributed by atoms with van der Waals surface area (Å²) in [5.41, 5.74) is 2.35. The summed E-state index contributed by atoms with van der Waals surface area (Å²) in [6.45, 7) is 6.74. The molecule has 1 heterocycles. The summed E-state index contributed by atoms with van der Waals surface area (Å²) in [5, 5.41) is 4.14. The number of fused-ring (bicyclic) bond motifs is 1. The lowest BCUT2D eigenvalue weighted by Gasteiger charge is -2.57. The molecule has 6 heteroatoms. The van der Waals surface area contributed by atoms with E-state index in [1.165, 1.54) is 19.3 Å². The molecule has 4 aliphatic rings. The third-order valence-corrected chi connectivity index (χ3v) is 9.04. The lowest BCUT2D eigenvalue weighted by molar-refractivity contribution is -0.0164. The number of nitrogens with one attached hydrogen (secondary N) is 1. The molecule has 4 bridgehead atoms. The van der Waals surface area contributed by atoms with Crippen molar-refractivity contribution in [2.24, 2.45) is 17.8 Å². The Kier molecular flexibility index (Phi) is 6.09. The van der Waals surface area contributed by atoms with E-state index in [1.54, 1.807) is 4.57 Å². The van der Waals surface area contributed by atoms with Crippen LogP contribution in [0.15, 0.2) is 53.3 Å². The van der Waals surface area contributed by atoms with E-state index in [1.807, 2.05) is 67.3 Å². The first kappa shape index (κ1) is 24.2. The first-order valence-corrected chi connectivity index (χ1v) is 14.0. The van der Waals surface area contributed by atoms with Crippen molar-refractivity contribution in [3.8, 4) is 5.69 Å². The van der Waals surface area contributed by atoms with Crippen molar-refractivity contribution in [3.05, 3.63) is 70.3 Å². The van der Waals surface area contributed by atoms with Gasteiger partial charge in [0.1, 0.15) is 5.82 Å². The van der Waals surface area contributed by atoms with Crippen LogP contribution in [0.3, 0.4) is 0 Å². The molecule has 3 aromatic rings. The van der Waals surface area contributed by atoms with Crippen molar-refractivity contribution in [3.63, 3.8) is 0 Å². The van der Waals surface area contributed by atoms with Crippen LogP contribution in [0.25, 0.3) is 16.6 Å². The second-order valence-corrected chi connectivity index (χ2v) is 12.0. The van der Waals surface area contributed by atoms with E-state index >= 15 is 0 Å². The molecule has 4 saturated carbocycles. The summed E-state index contributed by atoms with van der Waals surface area (Å²) in [6.07, 6.45) is 8.20. The van der Waals surface area contributed by atoms with Crippen LogP contribution in [0.5, 0.6) is 0 Å². The first-order valence-electron chi connectivity index (χ1n) is 14.0. The summed E-state index contributed by atoms with van der Waals surface area (Å²) in [4.78, 5) is 34.7. The number of carbonyl (C=O) groups excluding carboxylic acids is 1. The van der Waals surface area contributed by atoms with Gasteiger partial charge in [-0.2, -0.15) is 0 Å². The number of para-hydroxylation sites is 1. The number of benzene rings is 2. The van der Waals surface area contributed by atoms with Crippen LogP contribution in [-0.2, 0) is 0 Å². The molecule has 194 valence electrons. The van der Waals surface area contributed by atoms with Gasteiger partial charge in [0.05, 0.1) is 22.6 Å². The highest BCUT2D eigenvalue weighted by Gasteiger charge is 2.52. The fourth-order valence-corrected chi connectivity index (χ4v) is 7.86. The zero-order valence-corrected chi connectivity index (χ0v) is 22.2. The zero-order valence-electron chi connectivity index (χ0n) is 22.2. The molecule has 2 amide bonds. The van der Waals surface area contributed by atoms with Crippen LogP contribution in [-0.4, -0.2) is 32.6 Å². The summed E-state index contributed by atoms with van der Waals surface area (Å²) in [5.74, 6) is 2.88. The standard InChI is InChI=1S/C31H38N4O2/c1-4-12-34(30(37)33-31-17-22-14-23(18-31)16-24(15-22)19-31)21(3)28-32-27-11-6-5-10-26(27)29(36)35(28)25-9-7-8-20(2)13-25/h5-11,13,21-24H,4,12,14-19H2,1-3H3,(H,33,37). The maximum absolute atomic E-state index is 14.0. The molecule has 6 nitrogen and oxygen atoms in total. The molecule has 2 aromatic carbocycles. The summed E-state index contributed by atoms with van der Waals surface area (Å²) in [6, 6.07) is 15.0. The SMILES string of the molecule is CCCN(C(=O)NC12CC3CC(CC(C3)C1)C2)C(C)c1nc2ccccc2c(=O)n1-c1cccc(C)c1. The maximum atomic E-state index is 14.0. The van der Waals surface area contributed by atoms with E-state index in [0.29, 0.717) is 23.3 Å². The van der Waals surface area contributed by atoms with Gasteiger partial charge < -0.3 is 10.2 Å². The molecule has 0 radical (unpaired) electrons. The maximum Gasteiger partial charge on any atom is 0.318 e. The van der Waals surface area contributed by atoms with Gasteiger partial charge >= 0.3 is 6.03 Å². The van der Waals surface area contributed by atoms with E-state index < -0.39 is 0 Å². The molecule has 4 fully saturated rings. The minimum Gasteiger partial charge on any atom is -0.333 e.